The van der Waals surface area contributed by atoms with E-state index in [9.17, 15) is 9.59 Å². The molecule has 1 rings (SSSR count). The van der Waals surface area contributed by atoms with Crippen LogP contribution in [0.15, 0.2) is 24.3 Å². The number of anilines is 1. The molecule has 0 fully saturated rings. The molecule has 19 heavy (non-hydrogen) atoms. The Balaban J connectivity index is 2.52. The molecule has 0 radical (unpaired) electrons. The van der Waals surface area contributed by atoms with Crippen molar-refractivity contribution in [1.82, 2.24) is 10.6 Å². The van der Waals surface area contributed by atoms with Gasteiger partial charge in [-0.05, 0) is 31.2 Å². The summed E-state index contributed by atoms with van der Waals surface area (Å²) < 4.78 is 0. The second-order valence-corrected chi connectivity index (χ2v) is 4.18. The van der Waals surface area contributed by atoms with E-state index in [4.69, 9.17) is 5.73 Å². The number of rotatable bonds is 6. The summed E-state index contributed by atoms with van der Waals surface area (Å²) in [6.07, 6.45) is 0. The molecule has 1 atom stereocenters. The molecule has 6 heteroatoms. The molecule has 3 amide bonds. The highest BCUT2D eigenvalue weighted by atomic mass is 16.2. The third kappa shape index (κ3) is 5.39. The fourth-order valence-electron chi connectivity index (χ4n) is 1.62. The third-order valence-electron chi connectivity index (χ3n) is 2.60. The van der Waals surface area contributed by atoms with Gasteiger partial charge in [0.15, 0.2) is 0 Å². The smallest absolute Gasteiger partial charge is 0.319 e. The van der Waals surface area contributed by atoms with Crippen LogP contribution >= 0.6 is 0 Å². The number of benzene rings is 1. The zero-order chi connectivity index (χ0) is 14.3. The van der Waals surface area contributed by atoms with Gasteiger partial charge in [-0.15, -0.1) is 0 Å². The number of hydrogen-bond acceptors (Lipinski definition) is 3. The Bertz CT molecular complexity index is 431. The monoisotopic (exact) mass is 264 g/mol. The van der Waals surface area contributed by atoms with E-state index in [1.807, 2.05) is 24.3 Å². The Morgan fingerprint density at radius 1 is 1.26 bits per heavy atom. The second kappa shape index (κ2) is 7.38. The highest BCUT2D eigenvalue weighted by Gasteiger charge is 2.05. The minimum atomic E-state index is -0.579. The van der Waals surface area contributed by atoms with Crippen molar-refractivity contribution in [1.29, 1.82) is 0 Å². The first-order valence-corrected chi connectivity index (χ1v) is 6.19. The SMILES string of the molecule is CCNC(C)c1ccc(NC(=O)NCC(N)=O)cc1. The average molecular weight is 264 g/mol. The lowest BCUT2D eigenvalue weighted by atomic mass is 10.1. The van der Waals surface area contributed by atoms with Gasteiger partial charge in [0.1, 0.15) is 0 Å². The van der Waals surface area contributed by atoms with Crippen LogP contribution in [0, 0.1) is 0 Å². The molecule has 0 spiro atoms. The van der Waals surface area contributed by atoms with Gasteiger partial charge in [0.2, 0.25) is 5.91 Å². The van der Waals surface area contributed by atoms with E-state index < -0.39 is 11.9 Å². The Kier molecular flexibility index (Phi) is 5.81. The number of carbonyl (C=O) groups excluding carboxylic acids is 2. The maximum absolute atomic E-state index is 11.4. The molecule has 1 aromatic rings. The number of carbonyl (C=O) groups is 2. The van der Waals surface area contributed by atoms with Crippen LogP contribution in [0.2, 0.25) is 0 Å². The summed E-state index contributed by atoms with van der Waals surface area (Å²) in [5.74, 6) is -0.579. The van der Waals surface area contributed by atoms with Crippen molar-refractivity contribution in [3.05, 3.63) is 29.8 Å². The Morgan fingerprint density at radius 3 is 2.42 bits per heavy atom. The van der Waals surface area contributed by atoms with Gasteiger partial charge in [0.05, 0.1) is 6.54 Å². The zero-order valence-electron chi connectivity index (χ0n) is 11.2. The molecule has 0 aliphatic rings. The van der Waals surface area contributed by atoms with Crippen LogP contribution in [0.5, 0.6) is 0 Å². The molecule has 0 aromatic heterocycles. The van der Waals surface area contributed by atoms with E-state index in [-0.39, 0.29) is 12.6 Å². The van der Waals surface area contributed by atoms with E-state index in [1.54, 1.807) is 0 Å². The van der Waals surface area contributed by atoms with Gasteiger partial charge in [-0.2, -0.15) is 0 Å². The van der Waals surface area contributed by atoms with Gasteiger partial charge in [-0.3, -0.25) is 4.79 Å². The predicted octanol–water partition coefficient (Wildman–Crippen LogP) is 0.964. The van der Waals surface area contributed by atoms with Gasteiger partial charge in [-0.25, -0.2) is 4.79 Å². The van der Waals surface area contributed by atoms with Gasteiger partial charge in [-0.1, -0.05) is 19.1 Å². The third-order valence-corrected chi connectivity index (χ3v) is 2.60. The van der Waals surface area contributed by atoms with Gasteiger partial charge in [0, 0.05) is 11.7 Å². The second-order valence-electron chi connectivity index (χ2n) is 4.18. The van der Waals surface area contributed by atoms with Crippen molar-refractivity contribution in [2.45, 2.75) is 19.9 Å². The number of nitrogens with two attached hydrogens (primary N) is 1. The first-order chi connectivity index (χ1) is 9.02. The highest BCUT2D eigenvalue weighted by molar-refractivity contribution is 5.91. The summed E-state index contributed by atoms with van der Waals surface area (Å²) in [5, 5.41) is 8.27. The van der Waals surface area contributed by atoms with Crippen LogP contribution in [0.25, 0.3) is 0 Å². The lowest BCUT2D eigenvalue weighted by Crippen LogP contribution is -2.36. The fraction of sp³-hybridized carbons (Fsp3) is 0.385. The topological polar surface area (TPSA) is 96.2 Å². The van der Waals surface area contributed by atoms with Crippen molar-refractivity contribution < 1.29 is 9.59 Å². The standard InChI is InChI=1S/C13H20N4O2/c1-3-15-9(2)10-4-6-11(7-5-10)17-13(19)16-8-12(14)18/h4-7,9,15H,3,8H2,1-2H3,(H2,14,18)(H2,16,17,19). The summed E-state index contributed by atoms with van der Waals surface area (Å²) in [6.45, 7) is 4.85. The molecule has 0 saturated heterocycles. The number of amides is 3. The number of hydrogen-bond donors (Lipinski definition) is 4. The lowest BCUT2D eigenvalue weighted by Gasteiger charge is -2.13. The molecule has 0 bridgehead atoms. The van der Waals surface area contributed by atoms with Gasteiger partial charge in [0.25, 0.3) is 0 Å². The molecule has 1 unspecified atom stereocenters. The van der Waals surface area contributed by atoms with E-state index in [0.29, 0.717) is 5.69 Å². The Morgan fingerprint density at radius 2 is 1.89 bits per heavy atom. The quantitative estimate of drug-likeness (QED) is 0.616. The fourth-order valence-corrected chi connectivity index (χ4v) is 1.62. The van der Waals surface area contributed by atoms with Gasteiger partial charge < -0.3 is 21.7 Å². The minimum absolute atomic E-state index is 0.179. The van der Waals surface area contributed by atoms with Crippen LogP contribution in [0.3, 0.4) is 0 Å². The summed E-state index contributed by atoms with van der Waals surface area (Å²) in [4.78, 5) is 21.9. The summed E-state index contributed by atoms with van der Waals surface area (Å²) >= 11 is 0. The van der Waals surface area contributed by atoms with Crippen LogP contribution in [-0.2, 0) is 4.79 Å². The Labute approximate surface area is 112 Å². The minimum Gasteiger partial charge on any atom is -0.368 e. The highest BCUT2D eigenvalue weighted by Crippen LogP contribution is 2.15. The van der Waals surface area contributed by atoms with E-state index in [1.165, 1.54) is 0 Å². The number of primary amides is 1. The average Bonchev–Trinajstić information content (AvgIpc) is 2.37. The van der Waals surface area contributed by atoms with Crippen molar-refractivity contribution >= 4 is 17.6 Å². The maximum Gasteiger partial charge on any atom is 0.319 e. The Hall–Kier alpha value is -2.08. The van der Waals surface area contributed by atoms with E-state index in [2.05, 4.69) is 29.8 Å². The van der Waals surface area contributed by atoms with Crippen LogP contribution in [0.1, 0.15) is 25.5 Å². The summed E-state index contributed by atoms with van der Waals surface area (Å²) in [6, 6.07) is 7.32. The molecular weight excluding hydrogens is 244 g/mol. The van der Waals surface area contributed by atoms with Crippen molar-refractivity contribution in [2.24, 2.45) is 5.73 Å². The van der Waals surface area contributed by atoms with E-state index >= 15 is 0 Å². The summed E-state index contributed by atoms with van der Waals surface area (Å²) in [7, 11) is 0. The van der Waals surface area contributed by atoms with Crippen LogP contribution < -0.4 is 21.7 Å². The lowest BCUT2D eigenvalue weighted by molar-refractivity contribution is -0.117. The van der Waals surface area contributed by atoms with Crippen LogP contribution in [0.4, 0.5) is 10.5 Å². The van der Waals surface area contributed by atoms with Crippen molar-refractivity contribution in [2.75, 3.05) is 18.4 Å². The molecule has 0 aliphatic heterocycles. The van der Waals surface area contributed by atoms with E-state index in [0.717, 1.165) is 12.1 Å². The molecule has 0 saturated carbocycles. The number of nitrogens with one attached hydrogen (secondary N) is 3. The summed E-state index contributed by atoms with van der Waals surface area (Å²) in [5.41, 5.74) is 6.73. The molecular formula is C13H20N4O2. The first-order valence-electron chi connectivity index (χ1n) is 6.19. The zero-order valence-corrected chi connectivity index (χ0v) is 11.2. The first kappa shape index (κ1) is 15.0. The van der Waals surface area contributed by atoms with Gasteiger partial charge >= 0.3 is 6.03 Å². The maximum atomic E-state index is 11.4. The molecule has 6 nitrogen and oxygen atoms in total. The predicted molar refractivity (Wildman–Crippen MR) is 74.7 cm³/mol. The number of urea groups is 1. The molecule has 0 heterocycles. The molecule has 0 aliphatic carbocycles. The molecule has 104 valence electrons. The normalized spacial score (nSPS) is 11.7. The largest absolute Gasteiger partial charge is 0.368 e. The van der Waals surface area contributed by atoms with Crippen molar-refractivity contribution in [3.63, 3.8) is 0 Å². The van der Waals surface area contributed by atoms with Crippen molar-refractivity contribution in [3.8, 4) is 0 Å². The molecule has 5 N–H and O–H groups in total. The van der Waals surface area contributed by atoms with Crippen LogP contribution in [-0.4, -0.2) is 25.0 Å². The molecule has 1 aromatic carbocycles.